The summed E-state index contributed by atoms with van der Waals surface area (Å²) in [6.07, 6.45) is 0. The van der Waals surface area contributed by atoms with E-state index in [1.54, 1.807) is 0 Å². The van der Waals surface area contributed by atoms with E-state index >= 15 is 0 Å². The lowest BCUT2D eigenvalue weighted by Crippen LogP contribution is -2.31. The van der Waals surface area contributed by atoms with E-state index in [9.17, 15) is 0 Å². The molecule has 7 aromatic carbocycles. The maximum Gasteiger partial charge on any atom is 0.0726 e. The lowest BCUT2D eigenvalue weighted by Gasteiger charge is -2.39. The Morgan fingerprint density at radius 1 is 0.429 bits per heavy atom. The van der Waals surface area contributed by atoms with Crippen molar-refractivity contribution in [2.24, 2.45) is 0 Å². The van der Waals surface area contributed by atoms with Gasteiger partial charge in [0, 0.05) is 16.5 Å². The number of para-hydroxylation sites is 2. The molecule has 42 heavy (non-hydrogen) atoms. The average Bonchev–Trinajstić information content (AvgIpc) is 3.56. The second kappa shape index (κ2) is 7.87. The van der Waals surface area contributed by atoms with Crippen LogP contribution in [0, 0.1) is 0 Å². The zero-order valence-electron chi connectivity index (χ0n) is 22.9. The Bertz CT molecular complexity index is 2370. The van der Waals surface area contributed by atoms with Crippen LogP contribution in [0.15, 0.2) is 152 Å². The molecule has 1 heteroatoms. The van der Waals surface area contributed by atoms with Crippen molar-refractivity contribution < 1.29 is 0 Å². The van der Waals surface area contributed by atoms with Crippen LogP contribution in [0.5, 0.6) is 0 Å². The molecule has 1 heterocycles. The highest BCUT2D eigenvalue weighted by molar-refractivity contribution is 6.11. The van der Waals surface area contributed by atoms with Crippen LogP contribution in [0.25, 0.3) is 60.5 Å². The van der Waals surface area contributed by atoms with Gasteiger partial charge in [-0.15, -0.1) is 0 Å². The Hall–Kier alpha value is -5.40. The molecule has 2 aliphatic rings. The molecule has 194 valence electrons. The van der Waals surface area contributed by atoms with Crippen molar-refractivity contribution in [3.05, 3.63) is 174 Å². The van der Waals surface area contributed by atoms with Gasteiger partial charge in [-0.3, -0.25) is 0 Å². The zero-order valence-corrected chi connectivity index (χ0v) is 22.9. The van der Waals surface area contributed by atoms with E-state index in [-0.39, 0.29) is 0 Å². The fraction of sp³-hybridized carbons (Fsp3) is 0.0244. The van der Waals surface area contributed by atoms with Gasteiger partial charge >= 0.3 is 0 Å². The topological polar surface area (TPSA) is 4.93 Å². The maximum atomic E-state index is 2.45. The molecular weight excluding hydrogens is 506 g/mol. The van der Waals surface area contributed by atoms with Crippen molar-refractivity contribution in [3.8, 4) is 27.9 Å². The first-order valence-corrected chi connectivity index (χ1v) is 14.7. The zero-order chi connectivity index (χ0) is 27.4. The summed E-state index contributed by atoms with van der Waals surface area (Å²) >= 11 is 0. The van der Waals surface area contributed by atoms with Gasteiger partial charge in [0.05, 0.1) is 16.4 Å². The number of fused-ring (bicyclic) bond motifs is 9. The monoisotopic (exact) mass is 531 g/mol. The van der Waals surface area contributed by atoms with Gasteiger partial charge in [-0.1, -0.05) is 127 Å². The highest BCUT2D eigenvalue weighted by Gasteiger charge is 2.50. The molecular formula is C41H25N. The Labute approximate surface area is 243 Å². The lowest BCUT2D eigenvalue weighted by atomic mass is 9.62. The number of hydrogen-bond donors (Lipinski definition) is 0. The van der Waals surface area contributed by atoms with Gasteiger partial charge in [-0.05, 0) is 79.5 Å². The molecule has 1 unspecified atom stereocenters. The van der Waals surface area contributed by atoms with E-state index in [1.165, 1.54) is 82.8 Å². The van der Waals surface area contributed by atoms with Crippen molar-refractivity contribution in [1.82, 2.24) is 4.57 Å². The smallest absolute Gasteiger partial charge is 0.0726 e. The van der Waals surface area contributed by atoms with Crippen LogP contribution in [0.4, 0.5) is 0 Å². The number of rotatable bonds is 2. The minimum atomic E-state index is -0.412. The fourth-order valence-corrected chi connectivity index (χ4v) is 8.26. The third-order valence-electron chi connectivity index (χ3n) is 9.78. The first kappa shape index (κ1) is 22.3. The minimum Gasteiger partial charge on any atom is -0.309 e. The summed E-state index contributed by atoms with van der Waals surface area (Å²) in [5.41, 5.74) is 14.1. The van der Waals surface area contributed by atoms with Gasteiger partial charge in [0.25, 0.3) is 0 Å². The minimum absolute atomic E-state index is 0.412. The van der Waals surface area contributed by atoms with E-state index in [0.717, 1.165) is 0 Å². The number of hydrogen-bond acceptors (Lipinski definition) is 0. The van der Waals surface area contributed by atoms with Gasteiger partial charge in [0.2, 0.25) is 0 Å². The molecule has 10 rings (SSSR count). The molecule has 0 saturated heterocycles. The molecule has 0 N–H and O–H groups in total. The number of nitrogens with zero attached hydrogens (tertiary/aromatic N) is 1. The summed E-state index contributed by atoms with van der Waals surface area (Å²) in [6.45, 7) is 0. The first-order chi connectivity index (χ1) is 20.9. The van der Waals surface area contributed by atoms with E-state index in [2.05, 4.69) is 156 Å². The third kappa shape index (κ3) is 2.56. The molecule has 2 aliphatic carbocycles. The summed E-state index contributed by atoms with van der Waals surface area (Å²) in [5.74, 6) is 0. The summed E-state index contributed by atoms with van der Waals surface area (Å²) in [6, 6.07) is 56.5. The second-order valence-electron chi connectivity index (χ2n) is 11.7. The van der Waals surface area contributed by atoms with Crippen LogP contribution in [0.2, 0.25) is 0 Å². The van der Waals surface area contributed by atoms with Crippen molar-refractivity contribution in [3.63, 3.8) is 0 Å². The molecule has 0 bridgehead atoms. The summed E-state index contributed by atoms with van der Waals surface area (Å²) in [7, 11) is 0. The van der Waals surface area contributed by atoms with Crippen LogP contribution in [0.3, 0.4) is 0 Å². The summed E-state index contributed by atoms with van der Waals surface area (Å²) < 4.78 is 2.44. The quantitative estimate of drug-likeness (QED) is 0.209. The second-order valence-corrected chi connectivity index (χ2v) is 11.7. The third-order valence-corrected chi connectivity index (χ3v) is 9.78. The molecule has 8 aromatic rings. The van der Waals surface area contributed by atoms with Crippen LogP contribution in [0.1, 0.15) is 22.3 Å². The molecule has 1 atom stereocenters. The summed E-state index contributed by atoms with van der Waals surface area (Å²) in [5, 5.41) is 5.25. The predicted molar refractivity (Wildman–Crippen MR) is 175 cm³/mol. The highest BCUT2D eigenvalue weighted by Crippen LogP contribution is 2.63. The fourth-order valence-electron chi connectivity index (χ4n) is 8.26. The van der Waals surface area contributed by atoms with Crippen molar-refractivity contribution in [2.75, 3.05) is 0 Å². The molecule has 0 spiro atoms. The Morgan fingerprint density at radius 2 is 1.02 bits per heavy atom. The molecule has 0 amide bonds. The van der Waals surface area contributed by atoms with E-state index in [1.807, 2.05) is 0 Å². The summed E-state index contributed by atoms with van der Waals surface area (Å²) in [4.78, 5) is 0. The van der Waals surface area contributed by atoms with Crippen molar-refractivity contribution >= 4 is 32.6 Å². The van der Waals surface area contributed by atoms with E-state index in [4.69, 9.17) is 0 Å². The van der Waals surface area contributed by atoms with Gasteiger partial charge in [0.15, 0.2) is 0 Å². The van der Waals surface area contributed by atoms with Crippen molar-refractivity contribution in [1.29, 1.82) is 0 Å². The highest BCUT2D eigenvalue weighted by atomic mass is 15.0. The van der Waals surface area contributed by atoms with Crippen LogP contribution < -0.4 is 0 Å². The Balaban J connectivity index is 1.38. The predicted octanol–water partition coefficient (Wildman–Crippen LogP) is 10.3. The molecule has 0 aliphatic heterocycles. The normalized spacial score (nSPS) is 16.2. The SMILES string of the molecule is c1cc(-n2c3ccccc3c3ccccc32)cc(C23c4ccccc4-c4ccc5cccc(c5c42)-c2ccccc23)c1. The van der Waals surface area contributed by atoms with Crippen LogP contribution in [-0.4, -0.2) is 4.57 Å². The molecule has 0 radical (unpaired) electrons. The molecule has 0 saturated carbocycles. The van der Waals surface area contributed by atoms with Crippen LogP contribution in [-0.2, 0) is 5.41 Å². The number of benzene rings is 7. The van der Waals surface area contributed by atoms with Gasteiger partial charge in [0.1, 0.15) is 0 Å². The van der Waals surface area contributed by atoms with Gasteiger partial charge in [-0.25, -0.2) is 0 Å². The Morgan fingerprint density at radius 3 is 1.76 bits per heavy atom. The average molecular weight is 532 g/mol. The van der Waals surface area contributed by atoms with Crippen LogP contribution >= 0.6 is 0 Å². The molecule has 1 nitrogen and oxygen atoms in total. The molecule has 0 fully saturated rings. The Kier molecular flexibility index (Phi) is 4.18. The van der Waals surface area contributed by atoms with Gasteiger partial charge < -0.3 is 4.57 Å². The van der Waals surface area contributed by atoms with Crippen molar-refractivity contribution in [2.45, 2.75) is 5.41 Å². The van der Waals surface area contributed by atoms with E-state index < -0.39 is 5.41 Å². The standard InChI is InChI=1S/C41H25N/c1-5-19-35-29(14-1)33-18-9-11-26-23-24-34-30-15-2-6-20-36(30)41(35,40(34)39(26)33)27-12-10-13-28(25-27)42-37-21-7-3-16-31(37)32-17-4-8-22-38(32)42/h1-25H. The largest absolute Gasteiger partial charge is 0.309 e. The number of aromatic nitrogens is 1. The first-order valence-electron chi connectivity index (χ1n) is 14.7. The lowest BCUT2D eigenvalue weighted by molar-refractivity contribution is 0.771. The maximum absolute atomic E-state index is 2.45. The van der Waals surface area contributed by atoms with E-state index in [0.29, 0.717) is 0 Å². The molecule has 1 aromatic heterocycles. The van der Waals surface area contributed by atoms with Gasteiger partial charge in [-0.2, -0.15) is 0 Å².